The van der Waals surface area contributed by atoms with Crippen LogP contribution in [0.3, 0.4) is 0 Å². The van der Waals surface area contributed by atoms with Crippen LogP contribution in [-0.4, -0.2) is 77.5 Å². The van der Waals surface area contributed by atoms with Crippen molar-refractivity contribution in [2.75, 3.05) is 33.3 Å². The van der Waals surface area contributed by atoms with E-state index in [1.54, 1.807) is 24.1 Å². The van der Waals surface area contributed by atoms with Crippen molar-refractivity contribution in [3.63, 3.8) is 0 Å². The molecule has 0 aromatic heterocycles. The molecule has 1 aliphatic heterocycles. The lowest BCUT2D eigenvalue weighted by molar-refractivity contribution is -0.0526. The Bertz CT molecular complexity index is 586. The Labute approximate surface area is 155 Å². The molecule has 1 saturated carbocycles. The molecule has 0 bridgehead atoms. The average molecular weight is 362 g/mol. The van der Waals surface area contributed by atoms with Crippen molar-refractivity contribution in [3.8, 4) is 5.75 Å². The molecule has 2 fully saturated rings. The zero-order valence-corrected chi connectivity index (χ0v) is 15.5. The van der Waals surface area contributed by atoms with Crippen LogP contribution in [0.25, 0.3) is 0 Å². The van der Waals surface area contributed by atoms with Crippen molar-refractivity contribution >= 4 is 5.91 Å². The molecule has 1 saturated heterocycles. The Kier molecular flexibility index (Phi) is 6.51. The fraction of sp³-hybridized carbons (Fsp3) is 0.650. The molecule has 2 N–H and O–H groups in total. The van der Waals surface area contributed by atoms with Crippen molar-refractivity contribution < 1.29 is 19.7 Å². The number of nitrogens with zero attached hydrogens (tertiary/aromatic N) is 2. The fourth-order valence-electron chi connectivity index (χ4n) is 3.90. The summed E-state index contributed by atoms with van der Waals surface area (Å²) in [5, 5.41) is 20.0. The van der Waals surface area contributed by atoms with Crippen LogP contribution < -0.4 is 4.74 Å². The maximum atomic E-state index is 12.7. The van der Waals surface area contributed by atoms with Gasteiger partial charge < -0.3 is 19.8 Å². The standard InChI is InChI=1S/C20H30N2O4/c1-21(17-5-4-6-18(23)19(17)24)20(25)15-7-9-16(10-8-15)26-14-13-22-11-2-3-12-22/h7-10,17-19,23-24H,2-6,11-14H2,1H3/t17-,18-,19-/m1/s1. The van der Waals surface area contributed by atoms with E-state index in [2.05, 4.69) is 4.90 Å². The minimum absolute atomic E-state index is 0.147. The molecule has 6 heteroatoms. The van der Waals surface area contributed by atoms with Crippen molar-refractivity contribution in [3.05, 3.63) is 29.8 Å². The lowest BCUT2D eigenvalue weighted by atomic mass is 9.89. The van der Waals surface area contributed by atoms with E-state index < -0.39 is 12.2 Å². The van der Waals surface area contributed by atoms with Crippen molar-refractivity contribution in [2.45, 2.75) is 50.4 Å². The van der Waals surface area contributed by atoms with Crippen LogP contribution in [0.15, 0.2) is 24.3 Å². The van der Waals surface area contributed by atoms with E-state index in [1.165, 1.54) is 12.8 Å². The largest absolute Gasteiger partial charge is 0.492 e. The Morgan fingerprint density at radius 1 is 1.15 bits per heavy atom. The highest BCUT2D eigenvalue weighted by Gasteiger charge is 2.35. The van der Waals surface area contributed by atoms with Crippen molar-refractivity contribution in [1.82, 2.24) is 9.80 Å². The van der Waals surface area contributed by atoms with Gasteiger partial charge in [-0.1, -0.05) is 0 Å². The van der Waals surface area contributed by atoms with Gasteiger partial charge in [-0.15, -0.1) is 0 Å². The van der Waals surface area contributed by atoms with Gasteiger partial charge >= 0.3 is 0 Å². The number of aliphatic hydroxyl groups excluding tert-OH is 2. The lowest BCUT2D eigenvalue weighted by Gasteiger charge is -2.37. The minimum atomic E-state index is -0.883. The minimum Gasteiger partial charge on any atom is -0.492 e. The van der Waals surface area contributed by atoms with Gasteiger partial charge in [-0.25, -0.2) is 0 Å². The van der Waals surface area contributed by atoms with Gasteiger partial charge in [0.25, 0.3) is 5.91 Å². The van der Waals surface area contributed by atoms with Crippen molar-refractivity contribution in [1.29, 1.82) is 0 Å². The molecule has 1 aromatic carbocycles. The smallest absolute Gasteiger partial charge is 0.253 e. The fourth-order valence-corrected chi connectivity index (χ4v) is 3.90. The van der Waals surface area contributed by atoms with Crippen LogP contribution in [0.5, 0.6) is 5.75 Å². The number of hydrogen-bond donors (Lipinski definition) is 2. The van der Waals surface area contributed by atoms with Gasteiger partial charge in [-0.2, -0.15) is 0 Å². The molecule has 6 nitrogen and oxygen atoms in total. The van der Waals surface area contributed by atoms with Crippen LogP contribution >= 0.6 is 0 Å². The Morgan fingerprint density at radius 2 is 1.85 bits per heavy atom. The van der Waals surface area contributed by atoms with Gasteiger partial charge in [0, 0.05) is 19.2 Å². The summed E-state index contributed by atoms with van der Waals surface area (Å²) < 4.78 is 5.77. The summed E-state index contributed by atoms with van der Waals surface area (Å²) in [5.41, 5.74) is 0.562. The molecule has 0 unspecified atom stereocenters. The van der Waals surface area contributed by atoms with Gasteiger partial charge in [0.1, 0.15) is 18.5 Å². The molecular weight excluding hydrogens is 332 g/mol. The van der Waals surface area contributed by atoms with Gasteiger partial charge in [-0.05, 0) is 69.5 Å². The third-order valence-electron chi connectivity index (χ3n) is 5.58. The number of hydrogen-bond acceptors (Lipinski definition) is 5. The predicted molar refractivity (Wildman–Crippen MR) is 99.4 cm³/mol. The quantitative estimate of drug-likeness (QED) is 0.802. The number of rotatable bonds is 6. The van der Waals surface area contributed by atoms with E-state index in [9.17, 15) is 15.0 Å². The summed E-state index contributed by atoms with van der Waals surface area (Å²) in [6, 6.07) is 6.81. The average Bonchev–Trinajstić information content (AvgIpc) is 3.17. The molecular formula is C20H30N2O4. The van der Waals surface area contributed by atoms with Crippen LogP contribution in [0.4, 0.5) is 0 Å². The Balaban J connectivity index is 1.52. The number of likely N-dealkylation sites (tertiary alicyclic amines) is 1. The molecule has 1 aliphatic carbocycles. The van der Waals surface area contributed by atoms with Gasteiger partial charge in [0.05, 0.1) is 12.1 Å². The first-order chi connectivity index (χ1) is 12.6. The zero-order chi connectivity index (χ0) is 18.5. The number of carbonyl (C=O) groups is 1. The second kappa shape index (κ2) is 8.84. The van der Waals surface area contributed by atoms with Gasteiger partial charge in [0.2, 0.25) is 0 Å². The van der Waals surface area contributed by atoms with E-state index >= 15 is 0 Å². The normalized spacial score (nSPS) is 26.7. The number of benzene rings is 1. The van der Waals surface area contributed by atoms with Crippen LogP contribution in [0.2, 0.25) is 0 Å². The van der Waals surface area contributed by atoms with E-state index in [-0.39, 0.29) is 11.9 Å². The topological polar surface area (TPSA) is 73.2 Å². The molecule has 144 valence electrons. The molecule has 2 aliphatic rings. The van der Waals surface area contributed by atoms with Crippen LogP contribution in [0.1, 0.15) is 42.5 Å². The van der Waals surface area contributed by atoms with Crippen LogP contribution in [0, 0.1) is 0 Å². The van der Waals surface area contributed by atoms with E-state index in [1.807, 2.05) is 12.1 Å². The second-order valence-corrected chi connectivity index (χ2v) is 7.39. The molecule has 1 aromatic rings. The molecule has 0 spiro atoms. The highest BCUT2D eigenvalue weighted by atomic mass is 16.5. The van der Waals surface area contributed by atoms with E-state index in [0.717, 1.165) is 31.8 Å². The molecule has 0 radical (unpaired) electrons. The van der Waals surface area contributed by atoms with Gasteiger partial charge in [0.15, 0.2) is 0 Å². The number of carbonyl (C=O) groups excluding carboxylic acids is 1. The first kappa shape index (κ1) is 19.1. The maximum absolute atomic E-state index is 12.7. The highest BCUT2D eigenvalue weighted by molar-refractivity contribution is 5.94. The van der Waals surface area contributed by atoms with Crippen molar-refractivity contribution in [2.24, 2.45) is 0 Å². The summed E-state index contributed by atoms with van der Waals surface area (Å²) in [6.07, 6.45) is 3.01. The third kappa shape index (κ3) is 4.55. The number of likely N-dealkylation sites (N-methyl/N-ethyl adjacent to an activating group) is 1. The molecule has 26 heavy (non-hydrogen) atoms. The second-order valence-electron chi connectivity index (χ2n) is 7.39. The first-order valence-electron chi connectivity index (χ1n) is 9.65. The number of amides is 1. The molecule has 1 heterocycles. The number of aliphatic hydroxyl groups is 2. The SMILES string of the molecule is CN(C(=O)c1ccc(OCCN2CCCC2)cc1)[C@@H]1CCC[C@@H](O)[C@@H]1O. The number of ether oxygens (including phenoxy) is 1. The van der Waals surface area contributed by atoms with Crippen LogP contribution in [-0.2, 0) is 0 Å². The maximum Gasteiger partial charge on any atom is 0.253 e. The summed E-state index contributed by atoms with van der Waals surface area (Å²) in [5.74, 6) is 0.614. The highest BCUT2D eigenvalue weighted by Crippen LogP contribution is 2.24. The summed E-state index contributed by atoms with van der Waals surface area (Å²) in [7, 11) is 1.69. The molecule has 1 amide bonds. The predicted octanol–water partition coefficient (Wildman–Crippen LogP) is 1.51. The Hall–Kier alpha value is -1.63. The monoisotopic (exact) mass is 362 g/mol. The third-order valence-corrected chi connectivity index (χ3v) is 5.58. The van der Waals surface area contributed by atoms with E-state index in [0.29, 0.717) is 25.0 Å². The summed E-state index contributed by atoms with van der Waals surface area (Å²) in [4.78, 5) is 16.6. The molecule has 3 atom stereocenters. The van der Waals surface area contributed by atoms with Gasteiger partial charge in [-0.3, -0.25) is 9.69 Å². The lowest BCUT2D eigenvalue weighted by Crippen LogP contribution is -2.51. The summed E-state index contributed by atoms with van der Waals surface area (Å²) >= 11 is 0. The van der Waals surface area contributed by atoms with E-state index in [4.69, 9.17) is 4.74 Å². The Morgan fingerprint density at radius 3 is 2.54 bits per heavy atom. The summed E-state index contributed by atoms with van der Waals surface area (Å²) in [6.45, 7) is 3.90. The zero-order valence-electron chi connectivity index (χ0n) is 15.5. The molecule has 3 rings (SSSR count). The first-order valence-corrected chi connectivity index (χ1v) is 9.65.